The minimum absolute atomic E-state index is 0.130. The average Bonchev–Trinajstić information content (AvgIpc) is 2.88. The van der Waals surface area contributed by atoms with Gasteiger partial charge in [0.05, 0.1) is 13.3 Å². The first kappa shape index (κ1) is 11.4. The number of carbonyl (C=O) groups excluding carboxylic acids is 1. The molecule has 5 nitrogen and oxygen atoms in total. The van der Waals surface area contributed by atoms with Gasteiger partial charge in [0.25, 0.3) is 5.22 Å². The van der Waals surface area contributed by atoms with E-state index in [1.165, 1.54) is 31.3 Å². The first-order valence-electron chi connectivity index (χ1n) is 4.02. The highest BCUT2D eigenvalue weighted by molar-refractivity contribution is 8.00. The van der Waals surface area contributed by atoms with Crippen LogP contribution in [-0.4, -0.2) is 23.0 Å². The first-order valence-corrected chi connectivity index (χ1v) is 6.04. The highest BCUT2D eigenvalue weighted by atomic mass is 35.5. The number of methoxy groups -OCH3 is 1. The van der Waals surface area contributed by atoms with E-state index in [1.54, 1.807) is 0 Å². The largest absolute Gasteiger partial charge is 0.465 e. The molecule has 8 heteroatoms. The molecule has 0 radical (unpaired) electrons. The number of nitrogens with zero attached hydrogens (tertiary/aromatic N) is 2. The second-order valence-corrected chi connectivity index (χ2v) is 5.05. The molecule has 2 aromatic rings. The summed E-state index contributed by atoms with van der Waals surface area (Å²) in [7, 11) is 1.29. The van der Waals surface area contributed by atoms with E-state index in [9.17, 15) is 4.79 Å². The maximum Gasteiger partial charge on any atom is 0.351 e. The van der Waals surface area contributed by atoms with Crippen molar-refractivity contribution in [2.75, 3.05) is 7.11 Å². The summed E-state index contributed by atoms with van der Waals surface area (Å²) in [5.41, 5.74) is 0. The van der Waals surface area contributed by atoms with Crippen LogP contribution in [0.25, 0.3) is 0 Å². The van der Waals surface area contributed by atoms with E-state index in [-0.39, 0.29) is 10.0 Å². The van der Waals surface area contributed by atoms with Crippen molar-refractivity contribution in [3.05, 3.63) is 22.5 Å². The van der Waals surface area contributed by atoms with E-state index >= 15 is 0 Å². The Morgan fingerprint density at radius 3 is 3.12 bits per heavy atom. The third kappa shape index (κ3) is 2.37. The number of hydrogen-bond donors (Lipinski definition) is 0. The van der Waals surface area contributed by atoms with Gasteiger partial charge < -0.3 is 9.15 Å². The quantitative estimate of drug-likeness (QED) is 0.803. The van der Waals surface area contributed by atoms with Gasteiger partial charge in [-0.2, -0.15) is 0 Å². The minimum atomic E-state index is -0.498. The third-order valence-electron chi connectivity index (χ3n) is 1.52. The van der Waals surface area contributed by atoms with Gasteiger partial charge in [-0.25, -0.2) is 14.8 Å². The Morgan fingerprint density at radius 1 is 1.69 bits per heavy atom. The molecule has 0 N–H and O–H groups in total. The molecule has 2 aromatic heterocycles. The van der Waals surface area contributed by atoms with Crippen LogP contribution in [0.4, 0.5) is 0 Å². The van der Waals surface area contributed by atoms with Crippen molar-refractivity contribution in [3.63, 3.8) is 0 Å². The zero-order valence-corrected chi connectivity index (χ0v) is 10.4. The Hall–Kier alpha value is -1.05. The van der Waals surface area contributed by atoms with Crippen LogP contribution in [0.3, 0.4) is 0 Å². The lowest BCUT2D eigenvalue weighted by Crippen LogP contribution is -1.98. The van der Waals surface area contributed by atoms with Crippen molar-refractivity contribution in [2.24, 2.45) is 0 Å². The fourth-order valence-electron chi connectivity index (χ4n) is 0.881. The number of halogens is 1. The Morgan fingerprint density at radius 2 is 2.50 bits per heavy atom. The van der Waals surface area contributed by atoms with E-state index in [4.69, 9.17) is 16.0 Å². The van der Waals surface area contributed by atoms with Gasteiger partial charge in [-0.1, -0.05) is 22.9 Å². The van der Waals surface area contributed by atoms with Gasteiger partial charge in [0.2, 0.25) is 0 Å². The number of carbonyl (C=O) groups is 1. The standard InChI is InChI=1S/C8H5ClN2O3S2/c1-13-6(12)4-5(9)11-8(15-4)16-7-10-2-3-14-7/h2-3H,1H3. The smallest absolute Gasteiger partial charge is 0.351 e. The summed E-state index contributed by atoms with van der Waals surface area (Å²) in [6.45, 7) is 0. The number of esters is 1. The maximum absolute atomic E-state index is 11.3. The monoisotopic (exact) mass is 276 g/mol. The molecule has 0 unspecified atom stereocenters. The van der Waals surface area contributed by atoms with Crippen molar-refractivity contribution in [1.82, 2.24) is 9.97 Å². The molecule has 0 spiro atoms. The predicted molar refractivity (Wildman–Crippen MR) is 59.1 cm³/mol. The Balaban J connectivity index is 2.21. The number of rotatable bonds is 3. The molecule has 0 fully saturated rings. The van der Waals surface area contributed by atoms with Crippen LogP contribution in [0.5, 0.6) is 0 Å². The van der Waals surface area contributed by atoms with Crippen molar-refractivity contribution < 1.29 is 13.9 Å². The lowest BCUT2D eigenvalue weighted by molar-refractivity contribution is 0.0606. The van der Waals surface area contributed by atoms with Gasteiger partial charge in [-0.3, -0.25) is 0 Å². The maximum atomic E-state index is 11.3. The summed E-state index contributed by atoms with van der Waals surface area (Å²) in [6, 6.07) is 0. The second-order valence-electron chi connectivity index (χ2n) is 2.49. The van der Waals surface area contributed by atoms with Gasteiger partial charge in [-0.15, -0.1) is 0 Å². The van der Waals surface area contributed by atoms with Crippen LogP contribution in [-0.2, 0) is 4.74 Å². The van der Waals surface area contributed by atoms with E-state index in [2.05, 4.69) is 14.7 Å². The number of oxazole rings is 1. The molecule has 0 amide bonds. The van der Waals surface area contributed by atoms with E-state index in [0.717, 1.165) is 11.3 Å². The summed E-state index contributed by atoms with van der Waals surface area (Å²) in [6.07, 6.45) is 2.98. The minimum Gasteiger partial charge on any atom is -0.465 e. The molecule has 0 bridgehead atoms. The van der Waals surface area contributed by atoms with Crippen LogP contribution in [0.1, 0.15) is 9.67 Å². The van der Waals surface area contributed by atoms with Gasteiger partial charge in [0, 0.05) is 11.8 Å². The van der Waals surface area contributed by atoms with Crippen molar-refractivity contribution in [1.29, 1.82) is 0 Å². The van der Waals surface area contributed by atoms with Crippen LogP contribution in [0.2, 0.25) is 5.15 Å². The van der Waals surface area contributed by atoms with Gasteiger partial charge in [0.15, 0.2) is 14.4 Å². The molecule has 0 aliphatic heterocycles. The highest BCUT2D eigenvalue weighted by Gasteiger charge is 2.18. The molecular weight excluding hydrogens is 272 g/mol. The van der Waals surface area contributed by atoms with Crippen molar-refractivity contribution >= 4 is 40.7 Å². The van der Waals surface area contributed by atoms with E-state index in [0.29, 0.717) is 9.56 Å². The van der Waals surface area contributed by atoms with Gasteiger partial charge >= 0.3 is 5.97 Å². The van der Waals surface area contributed by atoms with Gasteiger partial charge in [-0.05, 0) is 0 Å². The first-order chi connectivity index (χ1) is 7.70. The molecule has 0 aliphatic carbocycles. The molecular formula is C8H5ClN2O3S2. The molecule has 2 rings (SSSR count). The number of thiazole rings is 1. The molecule has 2 heterocycles. The van der Waals surface area contributed by atoms with Crippen LogP contribution in [0.15, 0.2) is 26.4 Å². The molecule has 16 heavy (non-hydrogen) atoms. The van der Waals surface area contributed by atoms with Crippen LogP contribution < -0.4 is 0 Å². The Labute approximate surface area is 104 Å². The number of hydrogen-bond acceptors (Lipinski definition) is 7. The lowest BCUT2D eigenvalue weighted by Gasteiger charge is -1.92. The van der Waals surface area contributed by atoms with Gasteiger partial charge in [0.1, 0.15) is 6.26 Å². The average molecular weight is 277 g/mol. The van der Waals surface area contributed by atoms with Crippen molar-refractivity contribution in [3.8, 4) is 0 Å². The van der Waals surface area contributed by atoms with Crippen LogP contribution in [0, 0.1) is 0 Å². The fraction of sp³-hybridized carbons (Fsp3) is 0.125. The number of ether oxygens (including phenoxy) is 1. The molecule has 0 aromatic carbocycles. The number of aromatic nitrogens is 2. The molecule has 0 atom stereocenters. The summed E-state index contributed by atoms with van der Waals surface area (Å²) in [5.74, 6) is -0.498. The SMILES string of the molecule is COC(=O)c1sc(Sc2ncco2)nc1Cl. The zero-order chi connectivity index (χ0) is 11.5. The molecule has 84 valence electrons. The van der Waals surface area contributed by atoms with E-state index in [1.807, 2.05) is 0 Å². The molecule has 0 saturated heterocycles. The summed E-state index contributed by atoms with van der Waals surface area (Å²) in [4.78, 5) is 19.5. The topological polar surface area (TPSA) is 65.2 Å². The normalized spacial score (nSPS) is 10.4. The Bertz CT molecular complexity index is 497. The summed E-state index contributed by atoms with van der Waals surface area (Å²) in [5, 5.41) is 0.577. The second kappa shape index (κ2) is 4.86. The predicted octanol–water partition coefficient (Wildman–Crippen LogP) is 2.72. The lowest BCUT2D eigenvalue weighted by atomic mass is 10.6. The zero-order valence-electron chi connectivity index (χ0n) is 7.97. The fourth-order valence-corrected chi connectivity index (χ4v) is 3.00. The summed E-state index contributed by atoms with van der Waals surface area (Å²) >= 11 is 8.12. The summed E-state index contributed by atoms with van der Waals surface area (Å²) < 4.78 is 10.2. The van der Waals surface area contributed by atoms with Crippen molar-refractivity contribution in [2.45, 2.75) is 9.56 Å². The van der Waals surface area contributed by atoms with Crippen LogP contribution >= 0.6 is 34.7 Å². The van der Waals surface area contributed by atoms with E-state index < -0.39 is 5.97 Å². The Kier molecular flexibility index (Phi) is 3.47. The molecule has 0 aliphatic rings. The molecule has 0 saturated carbocycles. The third-order valence-corrected chi connectivity index (χ3v) is 3.88. The highest BCUT2D eigenvalue weighted by Crippen LogP contribution is 2.34.